The molecule has 3 unspecified atom stereocenters. The number of fused-ring (bicyclic) bond motifs is 4. The molecule has 8 aliphatic rings. The van der Waals surface area contributed by atoms with Crippen LogP contribution in [0.2, 0.25) is 0 Å². The van der Waals surface area contributed by atoms with Gasteiger partial charge in [-0.05, 0) is 131 Å². The lowest BCUT2D eigenvalue weighted by Gasteiger charge is -2.64. The van der Waals surface area contributed by atoms with Gasteiger partial charge in [0, 0.05) is 50.8 Å². The fourth-order valence-corrected chi connectivity index (χ4v) is 15.4. The van der Waals surface area contributed by atoms with Gasteiger partial charge in [-0.25, -0.2) is 0 Å². The van der Waals surface area contributed by atoms with Gasteiger partial charge in [0.25, 0.3) is 0 Å². The van der Waals surface area contributed by atoms with Crippen molar-refractivity contribution in [2.75, 3.05) is 45.9 Å². The molecule has 0 amide bonds. The quantitative estimate of drug-likeness (QED) is 0.285. The topological polar surface area (TPSA) is 104 Å². The van der Waals surface area contributed by atoms with Crippen LogP contribution in [-0.4, -0.2) is 125 Å². The molecule has 14 atom stereocenters. The molecule has 3 aliphatic heterocycles. The monoisotopic (exact) mass is 731 g/mol. The Morgan fingerprint density at radius 1 is 0.981 bits per heavy atom. The van der Waals surface area contributed by atoms with E-state index in [1.54, 1.807) is 0 Å². The van der Waals surface area contributed by atoms with Crippen LogP contribution in [0.1, 0.15) is 121 Å². The van der Waals surface area contributed by atoms with Crippen molar-refractivity contribution in [1.82, 2.24) is 9.80 Å². The van der Waals surface area contributed by atoms with Crippen LogP contribution in [0.5, 0.6) is 0 Å². The summed E-state index contributed by atoms with van der Waals surface area (Å²) in [6, 6.07) is 0.469. The van der Waals surface area contributed by atoms with Crippen LogP contribution >= 0.6 is 0 Å². The standard InChI is InChI=1S/C43H74N2O7/c1-11-49-36(38(7,8)47)28-20-27(4)33-34(51-28)35(46)40(10)30-13-12-29-37(5,6)31(14-15-42(29)22-43(30,42)17-16-39(33,40)9)52-32-21-44(18-19-50-32)23-41(48)24-45(25-41)26(2)3/h26-36,46-48H,11-25H2,1-10H3/t27-,28?,29+,30?,31+,32+,33+,34?,35+,36+,39-,40-,42-,43+/m1/s1. The smallest absolute Gasteiger partial charge is 0.170 e. The zero-order valence-corrected chi connectivity index (χ0v) is 34.3. The molecule has 5 aliphatic carbocycles. The fourth-order valence-electron chi connectivity index (χ4n) is 15.4. The van der Waals surface area contributed by atoms with E-state index in [2.05, 4.69) is 58.3 Å². The van der Waals surface area contributed by atoms with Gasteiger partial charge < -0.3 is 34.3 Å². The third-order valence-electron chi connectivity index (χ3n) is 17.8. The van der Waals surface area contributed by atoms with Gasteiger partial charge >= 0.3 is 0 Å². The van der Waals surface area contributed by atoms with Gasteiger partial charge in [-0.15, -0.1) is 0 Å². The van der Waals surface area contributed by atoms with Gasteiger partial charge in [0.05, 0.1) is 36.6 Å². The molecule has 9 nitrogen and oxygen atoms in total. The third-order valence-corrected chi connectivity index (χ3v) is 17.8. The molecule has 0 aromatic heterocycles. The van der Waals surface area contributed by atoms with Gasteiger partial charge in [0.15, 0.2) is 6.29 Å². The lowest BCUT2D eigenvalue weighted by molar-refractivity contribution is -0.253. The number of ether oxygens (including phenoxy) is 4. The summed E-state index contributed by atoms with van der Waals surface area (Å²) in [4.78, 5) is 4.70. The van der Waals surface area contributed by atoms with Gasteiger partial charge in [0.1, 0.15) is 11.7 Å². The normalized spacial score (nSPS) is 50.3. The predicted molar refractivity (Wildman–Crippen MR) is 201 cm³/mol. The number of hydrogen-bond donors (Lipinski definition) is 3. The summed E-state index contributed by atoms with van der Waals surface area (Å²) in [5.41, 5.74) is -1.24. The lowest BCUT2D eigenvalue weighted by atomic mass is 9.41. The first-order chi connectivity index (χ1) is 24.3. The van der Waals surface area contributed by atoms with Crippen LogP contribution in [0.25, 0.3) is 0 Å². The zero-order chi connectivity index (χ0) is 37.4. The van der Waals surface area contributed by atoms with Crippen molar-refractivity contribution in [3.8, 4) is 0 Å². The van der Waals surface area contributed by atoms with Crippen LogP contribution in [0, 0.1) is 50.7 Å². The number of nitrogens with zero attached hydrogens (tertiary/aromatic N) is 2. The number of aliphatic hydroxyl groups is 3. The van der Waals surface area contributed by atoms with Gasteiger partial charge in [-0.2, -0.15) is 0 Å². The predicted octanol–water partition coefficient (Wildman–Crippen LogP) is 5.47. The number of β-amino-alcohol motifs (C(OH)–C–C–N with tert-alkyl or cyclic N) is 1. The van der Waals surface area contributed by atoms with E-state index >= 15 is 0 Å². The molecule has 5 saturated carbocycles. The number of likely N-dealkylation sites (tertiary alicyclic amines) is 1. The third kappa shape index (κ3) is 5.39. The van der Waals surface area contributed by atoms with E-state index in [0.29, 0.717) is 54.9 Å². The Balaban J connectivity index is 0.973. The molecule has 9 heteroatoms. The molecule has 0 bridgehead atoms. The van der Waals surface area contributed by atoms with E-state index in [0.717, 1.165) is 51.9 Å². The highest BCUT2D eigenvalue weighted by molar-refractivity contribution is 5.33. The van der Waals surface area contributed by atoms with Crippen molar-refractivity contribution < 1.29 is 34.3 Å². The highest BCUT2D eigenvalue weighted by atomic mass is 16.7. The number of aliphatic hydroxyl groups excluding tert-OH is 1. The van der Waals surface area contributed by atoms with Crippen LogP contribution in [-0.2, 0) is 18.9 Å². The maximum absolute atomic E-state index is 12.7. The van der Waals surface area contributed by atoms with Gasteiger partial charge in [-0.3, -0.25) is 9.80 Å². The van der Waals surface area contributed by atoms with Crippen molar-refractivity contribution in [2.45, 2.75) is 175 Å². The molecule has 0 aromatic carbocycles. The molecule has 3 saturated heterocycles. The van der Waals surface area contributed by atoms with E-state index in [4.69, 9.17) is 18.9 Å². The highest BCUT2D eigenvalue weighted by Gasteiger charge is 2.84. The summed E-state index contributed by atoms with van der Waals surface area (Å²) < 4.78 is 26.4. The molecular weight excluding hydrogens is 656 g/mol. The van der Waals surface area contributed by atoms with Crippen LogP contribution < -0.4 is 0 Å². The van der Waals surface area contributed by atoms with Gasteiger partial charge in [-0.1, -0.05) is 34.6 Å². The Morgan fingerprint density at radius 2 is 1.67 bits per heavy atom. The van der Waals surface area contributed by atoms with Crippen LogP contribution in [0.15, 0.2) is 0 Å². The molecule has 0 radical (unpaired) electrons. The first-order valence-corrected chi connectivity index (χ1v) is 21.4. The molecule has 52 heavy (non-hydrogen) atoms. The Bertz CT molecular complexity index is 1350. The summed E-state index contributed by atoms with van der Waals surface area (Å²) in [6.07, 6.45) is 7.66. The Labute approximate surface area is 314 Å². The minimum Gasteiger partial charge on any atom is -0.390 e. The summed E-state index contributed by atoms with van der Waals surface area (Å²) in [6.45, 7) is 27.3. The Hall–Kier alpha value is -0.360. The second-order valence-corrected chi connectivity index (χ2v) is 21.5. The molecule has 3 heterocycles. The van der Waals surface area contributed by atoms with Crippen molar-refractivity contribution in [3.63, 3.8) is 0 Å². The summed E-state index contributed by atoms with van der Waals surface area (Å²) in [5.74, 6) is 1.76. The highest BCUT2D eigenvalue weighted by Crippen LogP contribution is 2.89. The van der Waals surface area contributed by atoms with E-state index < -0.39 is 23.4 Å². The minimum atomic E-state index is -1.02. The summed E-state index contributed by atoms with van der Waals surface area (Å²) in [5, 5.41) is 34.9. The molecule has 298 valence electrons. The average molecular weight is 731 g/mol. The maximum Gasteiger partial charge on any atom is 0.170 e. The average Bonchev–Trinajstić information content (AvgIpc) is 3.68. The fraction of sp³-hybridized carbons (Fsp3) is 1.00. The lowest BCUT2D eigenvalue weighted by Crippen LogP contribution is -2.68. The SMILES string of the molecule is CCO[C@@H](C1C[C@@H](C)[C@H]2C(O1)[C@H](O)[C@@]1(C)C3CC[C@H]4C(C)(C)[C@@H](O[C@H]5CN(CC6(O)CN(C(C)C)C6)CCO5)CC[C@@]45C[C@@]35CC[C@]21C)C(C)(C)O. The molecule has 3 N–H and O–H groups in total. The van der Waals surface area contributed by atoms with Crippen molar-refractivity contribution in [1.29, 1.82) is 0 Å². The number of rotatable bonds is 9. The van der Waals surface area contributed by atoms with Gasteiger partial charge in [0.2, 0.25) is 0 Å². The minimum absolute atomic E-state index is 0.00355. The van der Waals surface area contributed by atoms with E-state index in [1.807, 2.05) is 20.8 Å². The molecule has 2 spiro atoms. The Kier molecular flexibility index (Phi) is 9.31. The molecule has 8 fully saturated rings. The molecule has 0 aromatic rings. The van der Waals surface area contributed by atoms with E-state index in [9.17, 15) is 15.3 Å². The number of morpholine rings is 1. The zero-order valence-electron chi connectivity index (χ0n) is 34.3. The van der Waals surface area contributed by atoms with Crippen molar-refractivity contribution >= 4 is 0 Å². The largest absolute Gasteiger partial charge is 0.390 e. The second kappa shape index (κ2) is 12.6. The first kappa shape index (κ1) is 38.5. The molecular formula is C43H74N2O7. The van der Waals surface area contributed by atoms with Crippen LogP contribution in [0.4, 0.5) is 0 Å². The van der Waals surface area contributed by atoms with Crippen molar-refractivity contribution in [2.24, 2.45) is 50.7 Å². The number of hydrogen-bond acceptors (Lipinski definition) is 9. The first-order valence-electron chi connectivity index (χ1n) is 21.4. The second-order valence-electron chi connectivity index (χ2n) is 21.5. The van der Waals surface area contributed by atoms with E-state index in [1.165, 1.54) is 25.7 Å². The molecule has 8 rings (SSSR count). The summed E-state index contributed by atoms with van der Waals surface area (Å²) in [7, 11) is 0. The van der Waals surface area contributed by atoms with E-state index in [-0.39, 0.29) is 46.3 Å². The van der Waals surface area contributed by atoms with Crippen LogP contribution in [0.3, 0.4) is 0 Å². The van der Waals surface area contributed by atoms with Crippen molar-refractivity contribution in [3.05, 3.63) is 0 Å². The maximum atomic E-state index is 12.7. The summed E-state index contributed by atoms with van der Waals surface area (Å²) >= 11 is 0. The Morgan fingerprint density at radius 3 is 2.35 bits per heavy atom.